The van der Waals surface area contributed by atoms with E-state index < -0.39 is 0 Å². The second-order valence-electron chi connectivity index (χ2n) is 7.74. The highest BCUT2D eigenvalue weighted by Crippen LogP contribution is 2.33. The summed E-state index contributed by atoms with van der Waals surface area (Å²) in [7, 11) is 0. The average molecular weight is 384 g/mol. The van der Waals surface area contributed by atoms with E-state index in [1.807, 2.05) is 24.3 Å². The number of rotatable bonds is 5. The maximum atomic E-state index is 12.6. The summed E-state index contributed by atoms with van der Waals surface area (Å²) >= 11 is 0. The van der Waals surface area contributed by atoms with Gasteiger partial charge >= 0.3 is 0 Å². The van der Waals surface area contributed by atoms with Gasteiger partial charge in [-0.2, -0.15) is 0 Å². The number of ether oxygens (including phenoxy) is 1. The van der Waals surface area contributed by atoms with Gasteiger partial charge in [0.1, 0.15) is 18.3 Å². The van der Waals surface area contributed by atoms with Crippen LogP contribution in [-0.2, 0) is 24.3 Å². The molecule has 146 valence electrons. The number of hydrogen-bond donors (Lipinski definition) is 1. The lowest BCUT2D eigenvalue weighted by atomic mass is 10.0. The second-order valence-corrected chi connectivity index (χ2v) is 7.74. The fourth-order valence-corrected chi connectivity index (χ4v) is 4.25. The van der Waals surface area contributed by atoms with Gasteiger partial charge in [-0.25, -0.2) is 0 Å². The van der Waals surface area contributed by atoms with Gasteiger partial charge in [0, 0.05) is 30.9 Å². The van der Waals surface area contributed by atoms with Crippen molar-refractivity contribution in [2.45, 2.75) is 25.4 Å². The van der Waals surface area contributed by atoms with Crippen LogP contribution in [-0.4, -0.2) is 19.1 Å². The van der Waals surface area contributed by atoms with Gasteiger partial charge in [-0.1, -0.05) is 60.7 Å². The summed E-state index contributed by atoms with van der Waals surface area (Å²) in [6.45, 7) is 2.94. The molecule has 1 amide bonds. The van der Waals surface area contributed by atoms with Crippen molar-refractivity contribution in [3.05, 3.63) is 95.1 Å². The Bertz CT molecular complexity index is 1030. The molecule has 2 heterocycles. The minimum absolute atomic E-state index is 0.0210. The van der Waals surface area contributed by atoms with E-state index in [1.54, 1.807) is 0 Å². The van der Waals surface area contributed by atoms with Crippen molar-refractivity contribution >= 4 is 11.6 Å². The lowest BCUT2D eigenvalue weighted by Crippen LogP contribution is -2.29. The zero-order valence-corrected chi connectivity index (χ0v) is 16.3. The molecule has 1 unspecified atom stereocenters. The molecule has 0 spiro atoms. The van der Waals surface area contributed by atoms with Gasteiger partial charge in [0.15, 0.2) is 0 Å². The molecule has 3 aromatic carbocycles. The van der Waals surface area contributed by atoms with E-state index in [2.05, 4.69) is 58.7 Å². The summed E-state index contributed by atoms with van der Waals surface area (Å²) in [4.78, 5) is 15.0. The molecule has 5 rings (SSSR count). The first kappa shape index (κ1) is 17.8. The van der Waals surface area contributed by atoms with Gasteiger partial charge in [-0.05, 0) is 35.2 Å². The first-order valence-electron chi connectivity index (χ1n) is 10.2. The Morgan fingerprint density at radius 2 is 1.72 bits per heavy atom. The molecule has 0 saturated heterocycles. The monoisotopic (exact) mass is 384 g/mol. The summed E-state index contributed by atoms with van der Waals surface area (Å²) in [5.74, 6) is 0.619. The Morgan fingerprint density at radius 3 is 2.62 bits per heavy atom. The number of carbonyl (C=O) groups is 1. The Labute approximate surface area is 171 Å². The number of amides is 1. The van der Waals surface area contributed by atoms with Gasteiger partial charge in [0.2, 0.25) is 5.91 Å². The number of fused-ring (bicyclic) bond motifs is 2. The number of anilines is 1. The summed E-state index contributed by atoms with van der Waals surface area (Å²) in [5.41, 5.74) is 6.16. The minimum atomic E-state index is -0.222. The Hall–Kier alpha value is -3.27. The minimum Gasteiger partial charge on any atom is -0.492 e. The molecule has 0 aromatic heterocycles. The van der Waals surface area contributed by atoms with E-state index in [9.17, 15) is 4.79 Å². The van der Waals surface area contributed by atoms with Crippen molar-refractivity contribution in [2.24, 2.45) is 0 Å². The van der Waals surface area contributed by atoms with Crippen LogP contribution in [0.4, 0.5) is 5.69 Å². The predicted octanol–water partition coefficient (Wildman–Crippen LogP) is 4.04. The first-order valence-corrected chi connectivity index (χ1v) is 10.2. The van der Waals surface area contributed by atoms with Gasteiger partial charge in [0.25, 0.3) is 0 Å². The highest BCUT2D eigenvalue weighted by molar-refractivity contribution is 5.85. The highest BCUT2D eigenvalue weighted by Gasteiger charge is 2.29. The van der Waals surface area contributed by atoms with Crippen LogP contribution >= 0.6 is 0 Å². The summed E-state index contributed by atoms with van der Waals surface area (Å²) < 4.78 is 5.62. The van der Waals surface area contributed by atoms with E-state index >= 15 is 0 Å². The number of benzene rings is 3. The number of hydrogen-bond acceptors (Lipinski definition) is 3. The molecule has 1 N–H and O–H groups in total. The van der Waals surface area contributed by atoms with Crippen LogP contribution < -0.4 is 15.0 Å². The van der Waals surface area contributed by atoms with E-state index in [0.717, 1.165) is 36.4 Å². The SMILES string of the molecule is O=C(NCc1ccc(CN2CCc3ccccc32)cc1)C1COc2ccccc21. The fraction of sp³-hybridized carbons (Fsp3) is 0.240. The Kier molecular flexibility index (Phi) is 4.68. The maximum Gasteiger partial charge on any atom is 0.231 e. The smallest absolute Gasteiger partial charge is 0.231 e. The van der Waals surface area contributed by atoms with Gasteiger partial charge in [-0.15, -0.1) is 0 Å². The maximum absolute atomic E-state index is 12.6. The molecule has 4 nitrogen and oxygen atoms in total. The molecule has 3 aromatic rings. The van der Waals surface area contributed by atoms with Crippen LogP contribution in [0, 0.1) is 0 Å². The lowest BCUT2D eigenvalue weighted by molar-refractivity contribution is -0.122. The molecule has 0 fully saturated rings. The molecular formula is C25H24N2O2. The summed E-state index contributed by atoms with van der Waals surface area (Å²) in [6.07, 6.45) is 1.12. The topological polar surface area (TPSA) is 41.6 Å². The van der Waals surface area contributed by atoms with Gasteiger partial charge < -0.3 is 15.0 Å². The van der Waals surface area contributed by atoms with Crippen molar-refractivity contribution < 1.29 is 9.53 Å². The zero-order valence-electron chi connectivity index (χ0n) is 16.3. The molecule has 0 radical (unpaired) electrons. The Morgan fingerprint density at radius 1 is 0.966 bits per heavy atom. The normalized spacial score (nSPS) is 16.8. The average Bonchev–Trinajstić information content (AvgIpc) is 3.38. The van der Waals surface area contributed by atoms with Gasteiger partial charge in [0.05, 0.1) is 0 Å². The summed E-state index contributed by atoms with van der Waals surface area (Å²) in [6, 6.07) is 25.0. The van der Waals surface area contributed by atoms with Crippen LogP contribution in [0.25, 0.3) is 0 Å². The van der Waals surface area contributed by atoms with Crippen LogP contribution in [0.5, 0.6) is 5.75 Å². The van der Waals surface area contributed by atoms with Crippen molar-refractivity contribution in [3.8, 4) is 5.75 Å². The quantitative estimate of drug-likeness (QED) is 0.722. The molecule has 29 heavy (non-hydrogen) atoms. The fourth-order valence-electron chi connectivity index (χ4n) is 4.25. The zero-order chi connectivity index (χ0) is 19.6. The van der Waals surface area contributed by atoms with E-state index in [0.29, 0.717) is 13.2 Å². The molecule has 4 heteroatoms. The number of nitrogens with zero attached hydrogens (tertiary/aromatic N) is 1. The number of nitrogens with one attached hydrogen (secondary N) is 1. The Balaban J connectivity index is 1.18. The van der Waals surface area contributed by atoms with Crippen LogP contribution in [0.1, 0.15) is 28.2 Å². The molecular weight excluding hydrogens is 360 g/mol. The molecule has 0 bridgehead atoms. The van der Waals surface area contributed by atoms with E-state index in [4.69, 9.17) is 4.74 Å². The lowest BCUT2D eigenvalue weighted by Gasteiger charge is -2.19. The largest absolute Gasteiger partial charge is 0.492 e. The highest BCUT2D eigenvalue weighted by atomic mass is 16.5. The predicted molar refractivity (Wildman–Crippen MR) is 114 cm³/mol. The number of carbonyl (C=O) groups excluding carboxylic acids is 1. The molecule has 0 aliphatic carbocycles. The van der Waals surface area contributed by atoms with Crippen LogP contribution in [0.15, 0.2) is 72.8 Å². The van der Waals surface area contributed by atoms with Crippen molar-refractivity contribution in [2.75, 3.05) is 18.1 Å². The third kappa shape index (κ3) is 3.58. The van der Waals surface area contributed by atoms with E-state index in [-0.39, 0.29) is 11.8 Å². The second kappa shape index (κ2) is 7.63. The summed E-state index contributed by atoms with van der Waals surface area (Å²) in [5, 5.41) is 3.06. The van der Waals surface area contributed by atoms with Gasteiger partial charge in [-0.3, -0.25) is 4.79 Å². The van der Waals surface area contributed by atoms with Crippen molar-refractivity contribution in [3.63, 3.8) is 0 Å². The van der Waals surface area contributed by atoms with Crippen molar-refractivity contribution in [1.82, 2.24) is 5.32 Å². The number of para-hydroxylation sites is 2. The van der Waals surface area contributed by atoms with Crippen LogP contribution in [0.3, 0.4) is 0 Å². The molecule has 2 aliphatic rings. The first-order chi connectivity index (χ1) is 14.3. The standard InChI is InChI=1S/C25H24N2O2/c28-25(22-17-29-24-8-4-2-6-21(22)24)26-15-18-9-11-19(12-10-18)16-27-14-13-20-5-1-3-7-23(20)27/h1-12,22H,13-17H2,(H,26,28). The van der Waals surface area contributed by atoms with Crippen molar-refractivity contribution in [1.29, 1.82) is 0 Å². The van der Waals surface area contributed by atoms with E-state index in [1.165, 1.54) is 16.8 Å². The molecule has 2 aliphatic heterocycles. The third-order valence-electron chi connectivity index (χ3n) is 5.86. The third-order valence-corrected chi connectivity index (χ3v) is 5.86. The molecule has 1 atom stereocenters. The molecule has 0 saturated carbocycles. The van der Waals surface area contributed by atoms with Crippen LogP contribution in [0.2, 0.25) is 0 Å².